The van der Waals surface area contributed by atoms with Crippen molar-refractivity contribution in [2.24, 2.45) is 17.8 Å². The number of piperidine rings is 1. The van der Waals surface area contributed by atoms with E-state index in [0.717, 1.165) is 51.3 Å². The highest BCUT2D eigenvalue weighted by atomic mass is 32.2. The normalized spacial score (nSPS) is 20.8. The highest BCUT2D eigenvalue weighted by Crippen LogP contribution is 2.50. The van der Waals surface area contributed by atoms with Gasteiger partial charge in [0.15, 0.2) is 0 Å². The summed E-state index contributed by atoms with van der Waals surface area (Å²) in [5.74, 6) is 0.988. The van der Waals surface area contributed by atoms with E-state index in [-0.39, 0.29) is 15.2 Å². The molecule has 1 saturated carbocycles. The first-order chi connectivity index (χ1) is 19.9. The number of rotatable bonds is 8. The fourth-order valence-electron chi connectivity index (χ4n) is 7.57. The Morgan fingerprint density at radius 3 is 1.95 bits per heavy atom. The molecule has 2 heterocycles. The van der Waals surface area contributed by atoms with Crippen LogP contribution in [-0.4, -0.2) is 46.0 Å². The zero-order valence-corrected chi connectivity index (χ0v) is 24.3. The molecule has 3 aromatic rings. The van der Waals surface area contributed by atoms with Crippen LogP contribution in [-0.2, 0) is 15.3 Å². The van der Waals surface area contributed by atoms with Crippen LogP contribution in [0.5, 0.6) is 0 Å². The van der Waals surface area contributed by atoms with Crippen molar-refractivity contribution in [3.05, 3.63) is 90.2 Å². The molecule has 3 aliphatic rings. The Hall–Kier alpha value is -3.21. The minimum absolute atomic E-state index is 0.0958. The predicted molar refractivity (Wildman–Crippen MR) is 159 cm³/mol. The van der Waals surface area contributed by atoms with E-state index in [2.05, 4.69) is 46.2 Å². The Labute approximate surface area is 243 Å². The lowest BCUT2D eigenvalue weighted by Gasteiger charge is -2.47. The van der Waals surface area contributed by atoms with E-state index in [4.69, 9.17) is 0 Å². The van der Waals surface area contributed by atoms with Crippen LogP contribution in [0.1, 0.15) is 44.1 Å². The molecule has 1 atom stereocenters. The van der Waals surface area contributed by atoms with Crippen molar-refractivity contribution in [2.45, 2.75) is 53.7 Å². The lowest BCUT2D eigenvalue weighted by molar-refractivity contribution is 0.103. The number of sulfone groups is 1. The molecule has 6 rings (SSSR count). The van der Waals surface area contributed by atoms with Crippen molar-refractivity contribution in [3.8, 4) is 6.07 Å². The highest BCUT2D eigenvalue weighted by Gasteiger charge is 2.48. The topological polar surface area (TPSA) is 64.4 Å². The maximum atomic E-state index is 13.2. The molecule has 2 saturated heterocycles. The van der Waals surface area contributed by atoms with Crippen molar-refractivity contribution in [3.63, 3.8) is 0 Å². The minimum Gasteiger partial charge on any atom is -0.371 e. The van der Waals surface area contributed by atoms with Gasteiger partial charge in [-0.05, 0) is 105 Å². The molecular weight excluding hydrogens is 533 g/mol. The molecule has 0 amide bonds. The lowest BCUT2D eigenvalue weighted by Crippen LogP contribution is -2.53. The summed E-state index contributed by atoms with van der Waals surface area (Å²) in [5.41, 5.74) is 1.88. The Morgan fingerprint density at radius 1 is 0.805 bits per heavy atom. The molecule has 2 aliphatic heterocycles. The summed E-state index contributed by atoms with van der Waals surface area (Å²) in [7, 11) is -3.67. The first kappa shape index (κ1) is 27.9. The third-order valence-corrected chi connectivity index (χ3v) is 11.6. The fourth-order valence-corrected chi connectivity index (χ4v) is 8.83. The SMILES string of the molecule is N#CC(c1ccccc1)(C1CCCC1)C1CCN(CC2CN(c3ccc(S(=O)(=O)c4ccc(F)cc4)cc3)C2)CC1. The molecule has 214 valence electrons. The predicted octanol–water partition coefficient (Wildman–Crippen LogP) is 6.46. The summed E-state index contributed by atoms with van der Waals surface area (Å²) in [5, 5.41) is 10.7. The van der Waals surface area contributed by atoms with Crippen LogP contribution in [0.2, 0.25) is 0 Å². The largest absolute Gasteiger partial charge is 0.371 e. The summed E-state index contributed by atoms with van der Waals surface area (Å²) < 4.78 is 39.0. The molecule has 1 aliphatic carbocycles. The number of hydrogen-bond acceptors (Lipinski definition) is 5. The van der Waals surface area contributed by atoms with E-state index in [1.54, 1.807) is 12.1 Å². The Kier molecular flexibility index (Phi) is 7.89. The number of nitrogens with zero attached hydrogens (tertiary/aromatic N) is 3. The van der Waals surface area contributed by atoms with Gasteiger partial charge in [-0.2, -0.15) is 5.26 Å². The van der Waals surface area contributed by atoms with Gasteiger partial charge in [-0.1, -0.05) is 43.2 Å². The molecule has 0 radical (unpaired) electrons. The van der Waals surface area contributed by atoms with E-state index >= 15 is 0 Å². The second kappa shape index (κ2) is 11.6. The highest BCUT2D eigenvalue weighted by molar-refractivity contribution is 7.91. The quantitative estimate of drug-likeness (QED) is 0.291. The van der Waals surface area contributed by atoms with Gasteiger partial charge in [0.05, 0.1) is 21.3 Å². The monoisotopic (exact) mass is 571 g/mol. The van der Waals surface area contributed by atoms with Crippen molar-refractivity contribution in [1.82, 2.24) is 4.90 Å². The number of likely N-dealkylation sites (tertiary alicyclic amines) is 1. The molecule has 0 spiro atoms. The van der Waals surface area contributed by atoms with Crippen LogP contribution in [0.3, 0.4) is 0 Å². The van der Waals surface area contributed by atoms with Gasteiger partial charge in [-0.3, -0.25) is 0 Å². The number of halogens is 1. The summed E-state index contributed by atoms with van der Waals surface area (Å²) in [4.78, 5) is 5.19. The molecule has 7 heteroatoms. The average Bonchev–Trinajstić information content (AvgIpc) is 3.53. The second-order valence-corrected chi connectivity index (χ2v) is 14.1. The van der Waals surface area contributed by atoms with Crippen LogP contribution >= 0.6 is 0 Å². The zero-order valence-electron chi connectivity index (χ0n) is 23.5. The summed E-state index contributed by atoms with van der Waals surface area (Å²) >= 11 is 0. The molecule has 1 unspecified atom stereocenters. The molecular formula is C34H38FN3O2S. The molecule has 0 N–H and O–H groups in total. The smallest absolute Gasteiger partial charge is 0.206 e. The summed E-state index contributed by atoms with van der Waals surface area (Å²) in [6.07, 6.45) is 6.95. The molecule has 0 aromatic heterocycles. The van der Waals surface area contributed by atoms with E-state index in [1.165, 1.54) is 55.5 Å². The second-order valence-electron chi connectivity index (χ2n) is 12.1. The maximum absolute atomic E-state index is 13.2. The van der Waals surface area contributed by atoms with Gasteiger partial charge in [0.2, 0.25) is 9.84 Å². The Morgan fingerprint density at radius 2 is 1.37 bits per heavy atom. The maximum Gasteiger partial charge on any atom is 0.206 e. The van der Waals surface area contributed by atoms with Gasteiger partial charge < -0.3 is 9.80 Å². The van der Waals surface area contributed by atoms with Crippen LogP contribution in [0.4, 0.5) is 10.1 Å². The van der Waals surface area contributed by atoms with Gasteiger partial charge >= 0.3 is 0 Å². The minimum atomic E-state index is -3.67. The standard InChI is InChI=1S/C34H38FN3O2S/c35-30-10-14-32(15-11-30)41(39,40)33-16-12-31(13-17-33)38-23-26(24-38)22-37-20-18-29(19-21-37)34(25-36,28-8-4-5-9-28)27-6-2-1-3-7-27/h1-3,6-7,10-17,26,28-29H,4-5,8-9,18-24H2. The zero-order chi connectivity index (χ0) is 28.5. The first-order valence-electron chi connectivity index (χ1n) is 14.9. The third kappa shape index (κ3) is 5.40. The Bertz CT molecular complexity index is 1470. The summed E-state index contributed by atoms with van der Waals surface area (Å²) in [6.45, 7) is 5.06. The average molecular weight is 572 g/mol. The first-order valence-corrected chi connectivity index (χ1v) is 16.4. The number of nitriles is 1. The van der Waals surface area contributed by atoms with E-state index in [0.29, 0.717) is 17.8 Å². The summed E-state index contributed by atoms with van der Waals surface area (Å²) in [6, 6.07) is 25.5. The van der Waals surface area contributed by atoms with Crippen molar-refractivity contribution in [1.29, 1.82) is 5.26 Å². The molecule has 3 aromatic carbocycles. The van der Waals surface area contributed by atoms with Crippen molar-refractivity contribution >= 4 is 15.5 Å². The van der Waals surface area contributed by atoms with Gasteiger partial charge in [0.1, 0.15) is 5.82 Å². The van der Waals surface area contributed by atoms with Gasteiger partial charge in [0.25, 0.3) is 0 Å². The van der Waals surface area contributed by atoms with E-state index < -0.39 is 15.7 Å². The van der Waals surface area contributed by atoms with E-state index in [9.17, 15) is 18.1 Å². The van der Waals surface area contributed by atoms with Crippen LogP contribution in [0, 0.1) is 34.9 Å². The molecule has 0 bridgehead atoms. The van der Waals surface area contributed by atoms with E-state index in [1.807, 2.05) is 12.1 Å². The molecule has 5 nitrogen and oxygen atoms in total. The van der Waals surface area contributed by atoms with Gasteiger partial charge in [-0.25, -0.2) is 12.8 Å². The number of anilines is 1. The van der Waals surface area contributed by atoms with Crippen LogP contribution < -0.4 is 4.90 Å². The van der Waals surface area contributed by atoms with Crippen molar-refractivity contribution in [2.75, 3.05) is 37.6 Å². The molecule has 3 fully saturated rings. The Balaban J connectivity index is 1.03. The van der Waals surface area contributed by atoms with Gasteiger partial charge in [-0.15, -0.1) is 0 Å². The lowest BCUT2D eigenvalue weighted by atomic mass is 9.60. The fraction of sp³-hybridized carbons (Fsp3) is 0.441. The third-order valence-electron chi connectivity index (χ3n) is 9.78. The number of benzene rings is 3. The number of hydrogen-bond donors (Lipinski definition) is 0. The van der Waals surface area contributed by atoms with Crippen molar-refractivity contribution < 1.29 is 12.8 Å². The van der Waals surface area contributed by atoms with Gasteiger partial charge in [0, 0.05) is 31.2 Å². The van der Waals surface area contributed by atoms with Crippen LogP contribution in [0.25, 0.3) is 0 Å². The van der Waals surface area contributed by atoms with Crippen LogP contribution in [0.15, 0.2) is 88.7 Å². The molecule has 41 heavy (non-hydrogen) atoms.